The third-order valence-electron chi connectivity index (χ3n) is 3.76. The molecule has 1 atom stereocenters. The fraction of sp³-hybridized carbons (Fsp3) is 0.533. The van der Waals surface area contributed by atoms with Crippen molar-refractivity contribution < 1.29 is 17.9 Å². The number of rotatable bonds is 7. The molecule has 128 valence electrons. The predicted molar refractivity (Wildman–Crippen MR) is 87.6 cm³/mol. The van der Waals surface area contributed by atoms with Gasteiger partial charge in [0.15, 0.2) is 0 Å². The van der Waals surface area contributed by atoms with Crippen LogP contribution in [0.5, 0.6) is 5.75 Å². The zero-order valence-electron chi connectivity index (χ0n) is 13.0. The van der Waals surface area contributed by atoms with Crippen molar-refractivity contribution in [1.29, 1.82) is 0 Å². The number of carbonyl (C=O) groups is 1. The first kappa shape index (κ1) is 17.7. The Hall–Kier alpha value is -1.64. The molecule has 1 unspecified atom stereocenters. The Morgan fingerprint density at radius 2 is 2.00 bits per heavy atom. The van der Waals surface area contributed by atoms with Crippen LogP contribution in [0, 0.1) is 5.92 Å². The number of nitrogens with two attached hydrogens (primary N) is 2. The Labute approximate surface area is 136 Å². The van der Waals surface area contributed by atoms with Gasteiger partial charge in [-0.15, -0.1) is 0 Å². The molecule has 1 fully saturated rings. The van der Waals surface area contributed by atoms with Gasteiger partial charge in [-0.3, -0.25) is 4.79 Å². The van der Waals surface area contributed by atoms with E-state index in [1.165, 1.54) is 0 Å². The zero-order valence-corrected chi connectivity index (χ0v) is 13.8. The number of carbonyl (C=O) groups excluding carboxylic acids is 1. The van der Waals surface area contributed by atoms with Crippen molar-refractivity contribution in [3.63, 3.8) is 0 Å². The summed E-state index contributed by atoms with van der Waals surface area (Å²) in [7, 11) is -3.50. The molecule has 1 heterocycles. The lowest BCUT2D eigenvalue weighted by Crippen LogP contribution is -2.30. The molecule has 4 N–H and O–H groups in total. The normalized spacial score (nSPS) is 18.2. The molecule has 0 aliphatic carbocycles. The SMILES string of the molecule is NCCCOc1ccc(C(=O)N2CCC(CS(N)(=O)=O)C2)cc1. The van der Waals surface area contributed by atoms with Gasteiger partial charge in [0.25, 0.3) is 5.91 Å². The molecular weight excluding hydrogens is 318 g/mol. The summed E-state index contributed by atoms with van der Waals surface area (Å²) >= 11 is 0. The highest BCUT2D eigenvalue weighted by molar-refractivity contribution is 7.89. The highest BCUT2D eigenvalue weighted by atomic mass is 32.2. The summed E-state index contributed by atoms with van der Waals surface area (Å²) in [5.74, 6) is 0.428. The molecule has 0 bridgehead atoms. The van der Waals surface area contributed by atoms with E-state index >= 15 is 0 Å². The molecule has 1 aromatic carbocycles. The van der Waals surface area contributed by atoms with E-state index in [0.29, 0.717) is 44.0 Å². The number of amides is 1. The maximum atomic E-state index is 12.4. The first-order valence-corrected chi connectivity index (χ1v) is 9.33. The molecule has 1 amide bonds. The monoisotopic (exact) mass is 341 g/mol. The van der Waals surface area contributed by atoms with Gasteiger partial charge in [-0.05, 0) is 49.6 Å². The lowest BCUT2D eigenvalue weighted by molar-refractivity contribution is 0.0788. The Morgan fingerprint density at radius 1 is 1.30 bits per heavy atom. The van der Waals surface area contributed by atoms with Crippen LogP contribution in [0.2, 0.25) is 0 Å². The lowest BCUT2D eigenvalue weighted by Gasteiger charge is -2.16. The van der Waals surface area contributed by atoms with E-state index in [-0.39, 0.29) is 17.6 Å². The summed E-state index contributed by atoms with van der Waals surface area (Å²) < 4.78 is 27.8. The summed E-state index contributed by atoms with van der Waals surface area (Å²) in [6, 6.07) is 6.93. The van der Waals surface area contributed by atoms with Gasteiger partial charge in [-0.2, -0.15) is 0 Å². The Balaban J connectivity index is 1.91. The number of sulfonamides is 1. The first-order valence-electron chi connectivity index (χ1n) is 7.62. The van der Waals surface area contributed by atoms with Gasteiger partial charge in [0.05, 0.1) is 12.4 Å². The molecule has 1 saturated heterocycles. The van der Waals surface area contributed by atoms with Crippen LogP contribution in [-0.2, 0) is 10.0 Å². The second-order valence-corrected chi connectivity index (χ2v) is 7.41. The summed E-state index contributed by atoms with van der Waals surface area (Å²) in [6.45, 7) is 2.09. The van der Waals surface area contributed by atoms with Crippen molar-refractivity contribution in [2.24, 2.45) is 16.8 Å². The highest BCUT2D eigenvalue weighted by Crippen LogP contribution is 2.21. The van der Waals surface area contributed by atoms with E-state index < -0.39 is 10.0 Å². The van der Waals surface area contributed by atoms with Crippen molar-refractivity contribution in [3.05, 3.63) is 29.8 Å². The van der Waals surface area contributed by atoms with Crippen molar-refractivity contribution in [1.82, 2.24) is 4.90 Å². The Morgan fingerprint density at radius 3 is 2.61 bits per heavy atom. The van der Waals surface area contributed by atoms with Gasteiger partial charge < -0.3 is 15.4 Å². The molecule has 0 saturated carbocycles. The topological polar surface area (TPSA) is 116 Å². The summed E-state index contributed by atoms with van der Waals surface area (Å²) in [4.78, 5) is 14.1. The molecular formula is C15H23N3O4S. The number of benzene rings is 1. The molecule has 23 heavy (non-hydrogen) atoms. The number of primary sulfonamides is 1. The maximum Gasteiger partial charge on any atom is 0.253 e. The van der Waals surface area contributed by atoms with Crippen molar-refractivity contribution in [2.45, 2.75) is 12.8 Å². The highest BCUT2D eigenvalue weighted by Gasteiger charge is 2.29. The van der Waals surface area contributed by atoms with Crippen LogP contribution in [0.15, 0.2) is 24.3 Å². The number of ether oxygens (including phenoxy) is 1. The van der Waals surface area contributed by atoms with Crippen LogP contribution >= 0.6 is 0 Å². The molecule has 8 heteroatoms. The second-order valence-electron chi connectivity index (χ2n) is 5.75. The van der Waals surface area contributed by atoms with Gasteiger partial charge in [0.1, 0.15) is 5.75 Å². The van der Waals surface area contributed by atoms with Crippen molar-refractivity contribution in [2.75, 3.05) is 32.0 Å². The molecule has 1 aromatic rings. The Bertz CT molecular complexity index is 631. The van der Waals surface area contributed by atoms with Crippen LogP contribution in [0.25, 0.3) is 0 Å². The second kappa shape index (κ2) is 7.76. The van der Waals surface area contributed by atoms with E-state index in [9.17, 15) is 13.2 Å². The molecule has 1 aliphatic rings. The standard InChI is InChI=1S/C15H23N3O4S/c16-7-1-9-22-14-4-2-13(3-5-14)15(19)18-8-6-12(10-18)11-23(17,20)21/h2-5,12H,1,6-11,16H2,(H2,17,20,21). The Kier molecular flexibility index (Phi) is 5.97. The van der Waals surface area contributed by atoms with E-state index in [0.717, 1.165) is 6.42 Å². The minimum Gasteiger partial charge on any atom is -0.494 e. The average molecular weight is 341 g/mol. The summed E-state index contributed by atoms with van der Waals surface area (Å²) in [6.07, 6.45) is 1.43. The fourth-order valence-electron chi connectivity index (χ4n) is 2.63. The molecule has 1 aliphatic heterocycles. The van der Waals surface area contributed by atoms with Gasteiger partial charge in [-0.25, -0.2) is 13.6 Å². The van der Waals surface area contributed by atoms with Gasteiger partial charge in [0.2, 0.25) is 10.0 Å². The minimum absolute atomic E-state index is 0.0787. The van der Waals surface area contributed by atoms with Gasteiger partial charge >= 0.3 is 0 Å². The fourth-order valence-corrected chi connectivity index (χ4v) is 3.56. The van der Waals surface area contributed by atoms with Crippen LogP contribution in [0.1, 0.15) is 23.2 Å². The predicted octanol–water partition coefficient (Wildman–Crippen LogP) is 0.165. The number of nitrogens with zero attached hydrogens (tertiary/aromatic N) is 1. The molecule has 7 nitrogen and oxygen atoms in total. The summed E-state index contributed by atoms with van der Waals surface area (Å²) in [5, 5.41) is 5.06. The number of likely N-dealkylation sites (tertiary alicyclic amines) is 1. The summed E-state index contributed by atoms with van der Waals surface area (Å²) in [5.41, 5.74) is 5.96. The van der Waals surface area contributed by atoms with Crippen LogP contribution < -0.4 is 15.6 Å². The maximum absolute atomic E-state index is 12.4. The van der Waals surface area contributed by atoms with Crippen molar-refractivity contribution in [3.8, 4) is 5.75 Å². The van der Waals surface area contributed by atoms with Gasteiger partial charge in [-0.1, -0.05) is 0 Å². The average Bonchev–Trinajstić information content (AvgIpc) is 2.94. The van der Waals surface area contributed by atoms with Crippen molar-refractivity contribution >= 4 is 15.9 Å². The smallest absolute Gasteiger partial charge is 0.253 e. The minimum atomic E-state index is -3.50. The molecule has 0 spiro atoms. The van der Waals surface area contributed by atoms with Crippen LogP contribution in [0.3, 0.4) is 0 Å². The van der Waals surface area contributed by atoms with E-state index in [4.69, 9.17) is 15.6 Å². The van der Waals surface area contributed by atoms with Crippen LogP contribution in [0.4, 0.5) is 0 Å². The molecule has 0 radical (unpaired) electrons. The quantitative estimate of drug-likeness (QED) is 0.686. The van der Waals surface area contributed by atoms with E-state index in [2.05, 4.69) is 0 Å². The lowest BCUT2D eigenvalue weighted by atomic mass is 10.1. The zero-order chi connectivity index (χ0) is 16.9. The number of hydrogen-bond donors (Lipinski definition) is 2. The number of hydrogen-bond acceptors (Lipinski definition) is 5. The van der Waals surface area contributed by atoms with E-state index in [1.54, 1.807) is 29.2 Å². The van der Waals surface area contributed by atoms with Crippen LogP contribution in [-0.4, -0.2) is 51.2 Å². The third kappa shape index (κ3) is 5.49. The van der Waals surface area contributed by atoms with E-state index in [1.807, 2.05) is 0 Å². The third-order valence-corrected chi connectivity index (χ3v) is 4.70. The molecule has 0 aromatic heterocycles. The first-order chi connectivity index (χ1) is 10.9. The largest absolute Gasteiger partial charge is 0.494 e. The molecule has 2 rings (SSSR count). The van der Waals surface area contributed by atoms with Gasteiger partial charge in [0, 0.05) is 18.7 Å².